The number of piperidine rings is 1. The maximum atomic E-state index is 12.0. The van der Waals surface area contributed by atoms with Crippen molar-refractivity contribution in [3.05, 3.63) is 0 Å². The van der Waals surface area contributed by atoms with E-state index in [0.717, 1.165) is 19.3 Å². The summed E-state index contributed by atoms with van der Waals surface area (Å²) in [6.07, 6.45) is 2.87. The van der Waals surface area contributed by atoms with Crippen molar-refractivity contribution < 1.29 is 13.2 Å². The first-order chi connectivity index (χ1) is 7.61. The smallest absolute Gasteiger partial charge is 0.216 e. The van der Waals surface area contributed by atoms with Gasteiger partial charge >= 0.3 is 0 Å². The highest BCUT2D eigenvalue weighted by Gasteiger charge is 2.31. The van der Waals surface area contributed by atoms with Crippen LogP contribution in [0.15, 0.2) is 0 Å². The molecule has 1 aliphatic rings. The molecule has 0 aromatic rings. The summed E-state index contributed by atoms with van der Waals surface area (Å²) in [5.74, 6) is 0.447. The normalized spacial score (nSPS) is 23.5. The Bertz CT molecular complexity index is 294. The topological polar surface area (TPSA) is 46.6 Å². The summed E-state index contributed by atoms with van der Waals surface area (Å²) in [7, 11) is -3.19. The molecule has 0 spiro atoms. The van der Waals surface area contributed by atoms with Gasteiger partial charge in [0.25, 0.3) is 0 Å². The predicted octanol–water partition coefficient (Wildman–Crippen LogP) is 1.45. The van der Waals surface area contributed by atoms with Crippen LogP contribution in [0.1, 0.15) is 26.2 Å². The van der Waals surface area contributed by atoms with Crippen LogP contribution >= 0.6 is 11.6 Å². The lowest BCUT2D eigenvalue weighted by Crippen LogP contribution is -2.46. The number of hydrogen-bond donors (Lipinski definition) is 0. The first kappa shape index (κ1) is 14.2. The molecule has 0 radical (unpaired) electrons. The molecule has 0 bridgehead atoms. The Balaban J connectivity index is 2.57. The van der Waals surface area contributed by atoms with Crippen LogP contribution in [0.2, 0.25) is 0 Å². The number of alkyl halides is 1. The van der Waals surface area contributed by atoms with Gasteiger partial charge in [-0.3, -0.25) is 0 Å². The minimum absolute atomic E-state index is 0.0259. The number of ether oxygens (including phenoxy) is 1. The van der Waals surface area contributed by atoms with Gasteiger partial charge in [-0.1, -0.05) is 6.42 Å². The zero-order chi connectivity index (χ0) is 12.0. The molecule has 6 heteroatoms. The van der Waals surface area contributed by atoms with Crippen molar-refractivity contribution in [2.24, 2.45) is 0 Å². The third kappa shape index (κ3) is 3.87. The number of halogens is 1. The molecule has 1 unspecified atom stereocenters. The maximum absolute atomic E-state index is 12.0. The third-order valence-electron chi connectivity index (χ3n) is 2.80. The lowest BCUT2D eigenvalue weighted by atomic mass is 10.1. The standard InChI is InChI=1S/C10H20ClNO3S/c1-2-15-7-8-16(13,14)12-6-4-3-5-10(12)9-11/h10H,2-9H2,1H3. The second kappa shape index (κ2) is 6.79. The van der Waals surface area contributed by atoms with Crippen molar-refractivity contribution in [1.29, 1.82) is 0 Å². The molecule has 1 rings (SSSR count). The van der Waals surface area contributed by atoms with Gasteiger partial charge in [-0.05, 0) is 19.8 Å². The summed E-state index contributed by atoms with van der Waals surface area (Å²) in [4.78, 5) is 0. The average Bonchev–Trinajstić information content (AvgIpc) is 2.29. The molecule has 1 heterocycles. The number of nitrogens with zero attached hydrogens (tertiary/aromatic N) is 1. The molecule has 1 atom stereocenters. The summed E-state index contributed by atoms with van der Waals surface area (Å²) >= 11 is 5.81. The van der Waals surface area contributed by atoms with Gasteiger partial charge in [-0.2, -0.15) is 4.31 Å². The van der Waals surface area contributed by atoms with Crippen LogP contribution in [0.5, 0.6) is 0 Å². The van der Waals surface area contributed by atoms with Crippen molar-refractivity contribution in [2.75, 3.05) is 31.4 Å². The van der Waals surface area contributed by atoms with Gasteiger partial charge in [0.05, 0.1) is 12.4 Å². The summed E-state index contributed by atoms with van der Waals surface area (Å²) < 4.78 is 30.7. The molecule has 0 aromatic carbocycles. The Labute approximate surface area is 103 Å². The summed E-state index contributed by atoms with van der Waals surface area (Å²) in [6, 6.07) is -0.0259. The molecule has 0 N–H and O–H groups in total. The van der Waals surface area contributed by atoms with E-state index in [1.807, 2.05) is 6.92 Å². The van der Waals surface area contributed by atoms with E-state index >= 15 is 0 Å². The van der Waals surface area contributed by atoms with Crippen molar-refractivity contribution in [2.45, 2.75) is 32.2 Å². The van der Waals surface area contributed by atoms with E-state index in [-0.39, 0.29) is 18.4 Å². The zero-order valence-electron chi connectivity index (χ0n) is 9.69. The first-order valence-electron chi connectivity index (χ1n) is 5.75. The molecular formula is C10H20ClNO3S. The maximum Gasteiger partial charge on any atom is 0.216 e. The fourth-order valence-corrected chi connectivity index (χ4v) is 3.93. The second-order valence-electron chi connectivity index (χ2n) is 3.93. The minimum atomic E-state index is -3.19. The highest BCUT2D eigenvalue weighted by Crippen LogP contribution is 2.21. The Morgan fingerprint density at radius 3 is 2.81 bits per heavy atom. The fourth-order valence-electron chi connectivity index (χ4n) is 1.92. The summed E-state index contributed by atoms with van der Waals surface area (Å²) in [5.41, 5.74) is 0. The molecule has 0 aromatic heterocycles. The van der Waals surface area contributed by atoms with E-state index in [1.54, 1.807) is 4.31 Å². The number of hydrogen-bond acceptors (Lipinski definition) is 3. The molecule has 0 saturated carbocycles. The van der Waals surface area contributed by atoms with Crippen LogP contribution < -0.4 is 0 Å². The van der Waals surface area contributed by atoms with Gasteiger partial charge in [0.15, 0.2) is 0 Å². The third-order valence-corrected chi connectivity index (χ3v) is 5.03. The van der Waals surface area contributed by atoms with Crippen molar-refractivity contribution >= 4 is 21.6 Å². The second-order valence-corrected chi connectivity index (χ2v) is 6.28. The quantitative estimate of drug-likeness (QED) is 0.542. The van der Waals surface area contributed by atoms with Crippen LogP contribution in [0, 0.1) is 0 Å². The lowest BCUT2D eigenvalue weighted by Gasteiger charge is -2.33. The van der Waals surface area contributed by atoms with Crippen LogP contribution in [0.25, 0.3) is 0 Å². The van der Waals surface area contributed by atoms with Gasteiger partial charge in [0.1, 0.15) is 0 Å². The number of sulfonamides is 1. The van der Waals surface area contributed by atoms with Gasteiger partial charge in [0.2, 0.25) is 10.0 Å². The monoisotopic (exact) mass is 269 g/mol. The summed E-state index contributed by atoms with van der Waals surface area (Å²) in [6.45, 7) is 3.28. The van der Waals surface area contributed by atoms with E-state index in [0.29, 0.717) is 19.0 Å². The Morgan fingerprint density at radius 2 is 2.19 bits per heavy atom. The molecule has 96 valence electrons. The fraction of sp³-hybridized carbons (Fsp3) is 1.00. The average molecular weight is 270 g/mol. The van der Waals surface area contributed by atoms with E-state index in [2.05, 4.69) is 0 Å². The summed E-state index contributed by atoms with van der Waals surface area (Å²) in [5, 5.41) is 0. The van der Waals surface area contributed by atoms with Gasteiger partial charge in [-0.15, -0.1) is 11.6 Å². The predicted molar refractivity (Wildman–Crippen MR) is 65.3 cm³/mol. The van der Waals surface area contributed by atoms with Gasteiger partial charge in [-0.25, -0.2) is 8.42 Å². The minimum Gasteiger partial charge on any atom is -0.381 e. The Morgan fingerprint density at radius 1 is 1.44 bits per heavy atom. The SMILES string of the molecule is CCOCCS(=O)(=O)N1CCCCC1CCl. The van der Waals surface area contributed by atoms with E-state index in [4.69, 9.17) is 16.3 Å². The van der Waals surface area contributed by atoms with E-state index < -0.39 is 10.0 Å². The van der Waals surface area contributed by atoms with Crippen LogP contribution in [-0.4, -0.2) is 50.2 Å². The van der Waals surface area contributed by atoms with Crippen LogP contribution in [0.4, 0.5) is 0 Å². The largest absolute Gasteiger partial charge is 0.381 e. The molecule has 1 saturated heterocycles. The van der Waals surface area contributed by atoms with Gasteiger partial charge < -0.3 is 4.74 Å². The molecular weight excluding hydrogens is 250 g/mol. The van der Waals surface area contributed by atoms with Crippen molar-refractivity contribution in [3.63, 3.8) is 0 Å². The highest BCUT2D eigenvalue weighted by molar-refractivity contribution is 7.89. The molecule has 0 aliphatic carbocycles. The van der Waals surface area contributed by atoms with E-state index in [9.17, 15) is 8.42 Å². The van der Waals surface area contributed by atoms with Crippen LogP contribution in [0.3, 0.4) is 0 Å². The van der Waals surface area contributed by atoms with E-state index in [1.165, 1.54) is 0 Å². The number of rotatable bonds is 6. The zero-order valence-corrected chi connectivity index (χ0v) is 11.3. The lowest BCUT2D eigenvalue weighted by molar-refractivity contribution is 0.161. The Hall–Kier alpha value is 0.160. The molecule has 1 aliphatic heterocycles. The Kier molecular flexibility index (Phi) is 6.03. The van der Waals surface area contributed by atoms with Crippen molar-refractivity contribution in [3.8, 4) is 0 Å². The molecule has 1 fully saturated rings. The molecule has 0 amide bonds. The molecule has 4 nitrogen and oxygen atoms in total. The first-order valence-corrected chi connectivity index (χ1v) is 7.89. The van der Waals surface area contributed by atoms with Crippen molar-refractivity contribution in [1.82, 2.24) is 4.31 Å². The van der Waals surface area contributed by atoms with Gasteiger partial charge in [0, 0.05) is 25.1 Å². The van der Waals surface area contributed by atoms with Crippen LogP contribution in [-0.2, 0) is 14.8 Å². The highest BCUT2D eigenvalue weighted by atomic mass is 35.5. The molecule has 16 heavy (non-hydrogen) atoms.